The zero-order chi connectivity index (χ0) is 13.1. The summed E-state index contributed by atoms with van der Waals surface area (Å²) in [6, 6.07) is 8.92. The highest BCUT2D eigenvalue weighted by molar-refractivity contribution is 5.80. The molecule has 0 amide bonds. The summed E-state index contributed by atoms with van der Waals surface area (Å²) in [5.74, 6) is 0. The van der Waals surface area contributed by atoms with E-state index in [2.05, 4.69) is 29.4 Å². The van der Waals surface area contributed by atoms with Gasteiger partial charge in [-0.15, -0.1) is 0 Å². The number of likely N-dealkylation sites (tertiary alicyclic amines) is 1. The number of hydrogen-bond donors (Lipinski definition) is 1. The molecule has 1 aliphatic heterocycles. The molecule has 1 atom stereocenters. The van der Waals surface area contributed by atoms with Crippen LogP contribution in [0.3, 0.4) is 0 Å². The van der Waals surface area contributed by atoms with Gasteiger partial charge >= 0.3 is 0 Å². The van der Waals surface area contributed by atoms with Gasteiger partial charge in [0.2, 0.25) is 0 Å². The van der Waals surface area contributed by atoms with Crippen LogP contribution in [-0.4, -0.2) is 31.1 Å². The number of likely N-dealkylation sites (N-methyl/N-ethyl adjacent to an activating group) is 1. The lowest BCUT2D eigenvalue weighted by Gasteiger charge is -2.32. The lowest BCUT2D eigenvalue weighted by Crippen LogP contribution is -2.42. The molecule has 3 rings (SSSR count). The van der Waals surface area contributed by atoms with Crippen LogP contribution < -0.4 is 5.32 Å². The molecule has 1 N–H and O–H groups in total. The fraction of sp³-hybridized carbons (Fsp3) is 0.500. The largest absolute Gasteiger partial charge is 0.464 e. The van der Waals surface area contributed by atoms with Crippen LogP contribution in [0.4, 0.5) is 0 Å². The van der Waals surface area contributed by atoms with Crippen molar-refractivity contribution in [3.05, 3.63) is 36.1 Å². The summed E-state index contributed by atoms with van der Waals surface area (Å²) in [4.78, 5) is 2.48. The van der Waals surface area contributed by atoms with Crippen LogP contribution in [0.2, 0.25) is 0 Å². The van der Waals surface area contributed by atoms with E-state index in [1.54, 1.807) is 0 Å². The zero-order valence-electron chi connectivity index (χ0n) is 11.6. The molecular weight excluding hydrogens is 236 g/mol. The van der Waals surface area contributed by atoms with Crippen molar-refractivity contribution in [3.63, 3.8) is 0 Å². The van der Waals surface area contributed by atoms with Crippen molar-refractivity contribution < 1.29 is 4.42 Å². The minimum absolute atomic E-state index is 0.687. The number of benzene rings is 1. The van der Waals surface area contributed by atoms with Gasteiger partial charge in [-0.05, 0) is 32.5 Å². The molecule has 2 aromatic rings. The molecule has 1 fully saturated rings. The molecule has 0 bridgehead atoms. The Morgan fingerprint density at radius 3 is 3.11 bits per heavy atom. The van der Waals surface area contributed by atoms with E-state index in [9.17, 15) is 0 Å². The normalized spacial score (nSPS) is 21.0. The summed E-state index contributed by atoms with van der Waals surface area (Å²) in [6.07, 6.45) is 5.91. The van der Waals surface area contributed by atoms with E-state index in [4.69, 9.17) is 4.42 Å². The Morgan fingerprint density at radius 2 is 2.21 bits per heavy atom. The monoisotopic (exact) mass is 258 g/mol. The molecule has 1 unspecified atom stereocenters. The predicted octanol–water partition coefficient (Wildman–Crippen LogP) is 3.01. The van der Waals surface area contributed by atoms with E-state index >= 15 is 0 Å². The predicted molar refractivity (Wildman–Crippen MR) is 78.2 cm³/mol. The van der Waals surface area contributed by atoms with Crippen molar-refractivity contribution >= 4 is 11.0 Å². The third kappa shape index (κ3) is 2.82. The van der Waals surface area contributed by atoms with E-state index in [1.165, 1.54) is 36.8 Å². The summed E-state index contributed by atoms with van der Waals surface area (Å²) >= 11 is 0. The molecule has 2 heterocycles. The van der Waals surface area contributed by atoms with E-state index in [-0.39, 0.29) is 0 Å². The average molecular weight is 258 g/mol. The number of furan rings is 1. The Hall–Kier alpha value is -1.32. The minimum Gasteiger partial charge on any atom is -0.464 e. The molecule has 1 saturated heterocycles. The van der Waals surface area contributed by atoms with Gasteiger partial charge in [0.15, 0.2) is 0 Å². The van der Waals surface area contributed by atoms with Gasteiger partial charge in [-0.2, -0.15) is 0 Å². The second-order valence-electron chi connectivity index (χ2n) is 5.52. The van der Waals surface area contributed by atoms with E-state index in [0.717, 1.165) is 18.7 Å². The molecular formula is C16H22N2O. The highest BCUT2D eigenvalue weighted by Crippen LogP contribution is 2.20. The molecule has 0 aliphatic carbocycles. The summed E-state index contributed by atoms with van der Waals surface area (Å²) in [5, 5.41) is 4.81. The van der Waals surface area contributed by atoms with E-state index < -0.39 is 0 Å². The summed E-state index contributed by atoms with van der Waals surface area (Å²) in [5.41, 5.74) is 2.24. The maximum absolute atomic E-state index is 5.56. The van der Waals surface area contributed by atoms with Crippen LogP contribution in [0.5, 0.6) is 0 Å². The number of fused-ring (bicyclic) bond motifs is 1. The number of para-hydroxylation sites is 1. The van der Waals surface area contributed by atoms with Crippen molar-refractivity contribution in [2.45, 2.75) is 31.8 Å². The topological polar surface area (TPSA) is 28.4 Å². The van der Waals surface area contributed by atoms with Crippen molar-refractivity contribution in [1.29, 1.82) is 0 Å². The highest BCUT2D eigenvalue weighted by Gasteiger charge is 2.18. The molecule has 1 aromatic carbocycles. The van der Waals surface area contributed by atoms with Crippen LogP contribution >= 0.6 is 0 Å². The van der Waals surface area contributed by atoms with Crippen LogP contribution in [0.25, 0.3) is 11.0 Å². The second-order valence-corrected chi connectivity index (χ2v) is 5.52. The molecule has 1 aliphatic rings. The third-order valence-corrected chi connectivity index (χ3v) is 4.18. The lowest BCUT2D eigenvalue weighted by atomic mass is 10.0. The Kier molecular flexibility index (Phi) is 3.85. The van der Waals surface area contributed by atoms with Crippen molar-refractivity contribution in [2.75, 3.05) is 20.1 Å². The van der Waals surface area contributed by atoms with Crippen LogP contribution in [-0.2, 0) is 6.54 Å². The van der Waals surface area contributed by atoms with Gasteiger partial charge in [0.05, 0.1) is 6.26 Å². The van der Waals surface area contributed by atoms with Crippen molar-refractivity contribution in [3.8, 4) is 0 Å². The minimum atomic E-state index is 0.687. The molecule has 3 heteroatoms. The molecule has 102 valence electrons. The quantitative estimate of drug-likeness (QED) is 0.914. The van der Waals surface area contributed by atoms with Crippen LogP contribution in [0.1, 0.15) is 24.8 Å². The number of nitrogens with one attached hydrogen (secondary N) is 1. The Balaban J connectivity index is 1.57. The number of hydrogen-bond acceptors (Lipinski definition) is 3. The fourth-order valence-electron chi connectivity index (χ4n) is 2.95. The van der Waals surface area contributed by atoms with Crippen molar-refractivity contribution in [1.82, 2.24) is 10.2 Å². The molecule has 0 spiro atoms. The summed E-state index contributed by atoms with van der Waals surface area (Å²) < 4.78 is 5.56. The SMILES string of the molecule is CN1CCCCC1CNCc1coc2ccccc12. The number of rotatable bonds is 4. The maximum atomic E-state index is 5.56. The standard InChI is InChI=1S/C16H22N2O/c1-18-9-5-4-6-14(18)11-17-10-13-12-19-16-8-3-2-7-15(13)16/h2-3,7-8,12,14,17H,4-6,9-11H2,1H3. The van der Waals surface area contributed by atoms with Gasteiger partial charge in [0.1, 0.15) is 5.58 Å². The first-order valence-electron chi connectivity index (χ1n) is 7.20. The molecule has 19 heavy (non-hydrogen) atoms. The summed E-state index contributed by atoms with van der Waals surface area (Å²) in [7, 11) is 2.23. The maximum Gasteiger partial charge on any atom is 0.134 e. The molecule has 3 nitrogen and oxygen atoms in total. The van der Waals surface area contributed by atoms with Crippen molar-refractivity contribution in [2.24, 2.45) is 0 Å². The molecule has 1 aromatic heterocycles. The first-order valence-corrected chi connectivity index (χ1v) is 7.20. The second kappa shape index (κ2) is 5.76. The van der Waals surface area contributed by atoms with Gasteiger partial charge in [0.25, 0.3) is 0 Å². The third-order valence-electron chi connectivity index (χ3n) is 4.18. The zero-order valence-corrected chi connectivity index (χ0v) is 11.6. The van der Waals surface area contributed by atoms with Gasteiger partial charge in [-0.3, -0.25) is 0 Å². The van der Waals surface area contributed by atoms with Crippen LogP contribution in [0.15, 0.2) is 34.9 Å². The molecule has 0 radical (unpaired) electrons. The van der Waals surface area contributed by atoms with Gasteiger partial charge in [-0.1, -0.05) is 24.6 Å². The van der Waals surface area contributed by atoms with Gasteiger partial charge in [-0.25, -0.2) is 0 Å². The Morgan fingerprint density at radius 1 is 1.32 bits per heavy atom. The molecule has 0 saturated carbocycles. The van der Waals surface area contributed by atoms with Gasteiger partial charge in [0, 0.05) is 30.1 Å². The Labute approximate surface area is 114 Å². The average Bonchev–Trinajstić information content (AvgIpc) is 2.85. The van der Waals surface area contributed by atoms with Gasteiger partial charge < -0.3 is 14.6 Å². The van der Waals surface area contributed by atoms with E-state index in [1.807, 2.05) is 18.4 Å². The van der Waals surface area contributed by atoms with Crippen LogP contribution in [0, 0.1) is 0 Å². The first kappa shape index (κ1) is 12.7. The first-order chi connectivity index (χ1) is 9.34. The number of piperidine rings is 1. The fourth-order valence-corrected chi connectivity index (χ4v) is 2.95. The number of nitrogens with zero attached hydrogens (tertiary/aromatic N) is 1. The summed E-state index contributed by atoms with van der Waals surface area (Å²) in [6.45, 7) is 3.19. The smallest absolute Gasteiger partial charge is 0.134 e. The Bertz CT molecular complexity index is 534. The highest BCUT2D eigenvalue weighted by atomic mass is 16.3. The lowest BCUT2D eigenvalue weighted by molar-refractivity contribution is 0.181. The van der Waals surface area contributed by atoms with E-state index in [0.29, 0.717) is 6.04 Å².